The highest BCUT2D eigenvalue weighted by atomic mass is 35.5. The van der Waals surface area contributed by atoms with Crippen LogP contribution in [0.3, 0.4) is 0 Å². The van der Waals surface area contributed by atoms with E-state index in [4.69, 9.17) is 140 Å². The number of carbonyl (C=O) groups excluding carboxylic acids is 4. The molecule has 8 aromatic carbocycles. The molecule has 4 amide bonds. The molecule has 0 aliphatic carbocycles. The van der Waals surface area contributed by atoms with Gasteiger partial charge in [0.25, 0.3) is 0 Å². The van der Waals surface area contributed by atoms with E-state index < -0.39 is 63.7 Å². The summed E-state index contributed by atoms with van der Waals surface area (Å²) in [5, 5.41) is 15.5. The van der Waals surface area contributed by atoms with E-state index in [0.717, 1.165) is 66.8 Å². The van der Waals surface area contributed by atoms with Gasteiger partial charge >= 0.3 is 0 Å². The Balaban J connectivity index is 0.565. The van der Waals surface area contributed by atoms with E-state index in [9.17, 15) is 52.8 Å². The van der Waals surface area contributed by atoms with Crippen molar-refractivity contribution in [3.63, 3.8) is 0 Å². The highest BCUT2D eigenvalue weighted by molar-refractivity contribution is 7.90. The summed E-state index contributed by atoms with van der Waals surface area (Å²) in [4.78, 5) is 66.0. The Morgan fingerprint density at radius 3 is 0.673 bits per heavy atom. The minimum absolute atomic E-state index is 0.0101. The summed E-state index contributed by atoms with van der Waals surface area (Å²) in [5.74, 6) is -2.31. The van der Waals surface area contributed by atoms with Crippen LogP contribution in [0.2, 0.25) is 40.2 Å². The third kappa shape index (κ3) is 38.5. The first-order valence-electron chi connectivity index (χ1n) is 49.3. The molecule has 8 aromatic rings. The molecule has 4 atom stereocenters. The number of benzene rings is 8. The number of likely N-dealkylation sites (N-methyl/N-ethyl adjacent to an activating group) is 4. The minimum atomic E-state index is -3.92. The summed E-state index contributed by atoms with van der Waals surface area (Å²) < 4.78 is 176. The second-order valence-corrected chi connectivity index (χ2v) is 47.1. The van der Waals surface area contributed by atoms with Crippen LogP contribution >= 0.6 is 92.8 Å². The van der Waals surface area contributed by atoms with E-state index in [1.165, 1.54) is 24.3 Å². The highest BCUT2D eigenvalue weighted by Crippen LogP contribution is 2.44. The average molecular weight is 2320 g/mol. The summed E-state index contributed by atoms with van der Waals surface area (Å²) in [6, 6.07) is 41.5. The van der Waals surface area contributed by atoms with Crippen LogP contribution in [0.25, 0.3) is 0 Å². The summed E-state index contributed by atoms with van der Waals surface area (Å²) >= 11 is 52.1. The van der Waals surface area contributed by atoms with Gasteiger partial charge in [-0.2, -0.15) is 0 Å². The number of ether oxygens (including phenoxy) is 10. The van der Waals surface area contributed by atoms with Gasteiger partial charge in [0.2, 0.25) is 63.7 Å². The molecule has 0 unspecified atom stereocenters. The van der Waals surface area contributed by atoms with Crippen LogP contribution < -0.4 is 40.2 Å². The van der Waals surface area contributed by atoms with Crippen LogP contribution in [0.1, 0.15) is 90.4 Å². The van der Waals surface area contributed by atoms with Gasteiger partial charge in [-0.05, 0) is 192 Å². The number of nitrogens with one attached hydrogen (secondary N) is 8. The van der Waals surface area contributed by atoms with Crippen LogP contribution in [-0.2, 0) is 133 Å². The van der Waals surface area contributed by atoms with E-state index in [2.05, 4.69) is 59.8 Å². The quantitative estimate of drug-likeness (QED) is 0.0164. The molecule has 4 heterocycles. The van der Waals surface area contributed by atoms with Crippen molar-refractivity contribution >= 4 is 157 Å². The number of carbonyl (C=O) groups is 4. The fourth-order valence-electron chi connectivity index (χ4n) is 18.0. The largest absolute Gasteiger partial charge is 0.378 e. The Bertz CT molecular complexity index is 5580. The molecule has 36 nitrogen and oxygen atoms in total. The topological polar surface area (TPSA) is 413 Å². The van der Waals surface area contributed by atoms with Gasteiger partial charge in [-0.1, -0.05) is 141 Å². The zero-order chi connectivity index (χ0) is 107. The SMILES string of the molecule is CN1Cc2c(Cl)cc(Cl)cc2[C@H](c2cccc(S(=O)(=O)NCCOCCOCCNC(=O)CN(CCOCCOCCN(CC(=O)NCCOCCOCCNS(=O)(=O)c3cccc([C@@H]4CN(C)Cc5c(Cl)cc(Cl)cc54)c3)CC(=O)NCCOCCOCCNS(=O)(=O)c3cccc([C@@H]4CN(C)Cc5c(Cl)cc(Cl)cc54)c3)CC(=O)NCCOCCOCCNS(=O)(=O)c3cccc([C@@H]4CN(C)Cc5c(Cl)cc(Cl)cc54)c3)c2)C1. The fraction of sp³-hybridized carbons (Fsp3) is 0.490. The van der Waals surface area contributed by atoms with Crippen LogP contribution in [-0.4, -0.2) is 365 Å². The van der Waals surface area contributed by atoms with Crippen molar-refractivity contribution in [1.82, 2.24) is 69.6 Å². The number of hydrogen-bond donors (Lipinski definition) is 8. The number of sulfonamides is 4. The zero-order valence-electron chi connectivity index (χ0n) is 84.2. The number of rotatable bonds is 65. The van der Waals surface area contributed by atoms with Crippen LogP contribution in [0.15, 0.2) is 165 Å². The predicted molar refractivity (Wildman–Crippen MR) is 578 cm³/mol. The first-order chi connectivity index (χ1) is 72.0. The maximum Gasteiger partial charge on any atom is 0.240 e. The van der Waals surface area contributed by atoms with E-state index in [1.807, 2.05) is 76.7 Å². The molecule has 48 heteroatoms. The molecule has 0 saturated carbocycles. The Morgan fingerprint density at radius 1 is 0.273 bits per heavy atom. The molecule has 0 spiro atoms. The fourth-order valence-corrected chi connectivity index (χ4v) is 24.5. The number of amides is 4. The number of fused-ring (bicyclic) bond motifs is 4. The van der Waals surface area contributed by atoms with Crippen molar-refractivity contribution < 1.29 is 100 Å². The van der Waals surface area contributed by atoms with Crippen LogP contribution in [0, 0.1) is 0 Å². The van der Waals surface area contributed by atoms with Gasteiger partial charge in [0.1, 0.15) is 0 Å². The van der Waals surface area contributed by atoms with E-state index in [-0.39, 0.29) is 267 Å². The monoisotopic (exact) mass is 2310 g/mol. The van der Waals surface area contributed by atoms with Crippen LogP contribution in [0.4, 0.5) is 0 Å². The molecule has 150 heavy (non-hydrogen) atoms. The van der Waals surface area contributed by atoms with Gasteiger partial charge in [-0.15, -0.1) is 0 Å². The lowest BCUT2D eigenvalue weighted by Gasteiger charge is -2.33. The van der Waals surface area contributed by atoms with E-state index in [0.29, 0.717) is 92.5 Å². The lowest BCUT2D eigenvalue weighted by molar-refractivity contribution is -0.127. The van der Waals surface area contributed by atoms with Gasteiger partial charge in [-0.3, -0.25) is 29.0 Å². The number of hydrogen-bond acceptors (Lipinski definition) is 28. The predicted octanol–water partition coefficient (Wildman–Crippen LogP) is 9.67. The van der Waals surface area contributed by atoms with Crippen LogP contribution in [0.5, 0.6) is 0 Å². The minimum Gasteiger partial charge on any atom is -0.378 e. The molecule has 0 radical (unpaired) electrons. The first kappa shape index (κ1) is 122. The molecular formula is C102H132Cl8N14O22S4. The van der Waals surface area contributed by atoms with Crippen molar-refractivity contribution in [3.8, 4) is 0 Å². The van der Waals surface area contributed by atoms with Crippen molar-refractivity contribution in [3.05, 3.63) is 253 Å². The summed E-state index contributed by atoms with van der Waals surface area (Å²) in [5.41, 5.74) is 10.8. The van der Waals surface area contributed by atoms with Crippen molar-refractivity contribution in [2.24, 2.45) is 0 Å². The van der Waals surface area contributed by atoms with E-state index >= 15 is 0 Å². The smallest absolute Gasteiger partial charge is 0.240 e. The first-order valence-corrected chi connectivity index (χ1v) is 58.2. The molecule has 0 fully saturated rings. The van der Waals surface area contributed by atoms with E-state index in [1.54, 1.807) is 82.6 Å². The molecule has 4 aliphatic rings. The number of halogens is 8. The Hall–Kier alpha value is -7.04. The van der Waals surface area contributed by atoms with Crippen molar-refractivity contribution in [2.45, 2.75) is 69.4 Å². The van der Waals surface area contributed by atoms with Gasteiger partial charge < -0.3 is 88.2 Å². The molecule has 4 aliphatic heterocycles. The third-order valence-electron chi connectivity index (χ3n) is 25.1. The molecular weight excluding hydrogens is 2190 g/mol. The molecule has 0 bridgehead atoms. The van der Waals surface area contributed by atoms with Crippen molar-refractivity contribution in [2.75, 3.05) is 278 Å². The lowest BCUT2D eigenvalue weighted by atomic mass is 9.85. The molecule has 8 N–H and O–H groups in total. The van der Waals surface area contributed by atoms with Gasteiger partial charge in [0.05, 0.1) is 178 Å². The third-order valence-corrected chi connectivity index (χ3v) is 33.2. The summed E-state index contributed by atoms with van der Waals surface area (Å²) in [6.07, 6.45) is 0. The molecule has 12 rings (SSSR count). The van der Waals surface area contributed by atoms with Crippen molar-refractivity contribution in [1.29, 1.82) is 0 Å². The Morgan fingerprint density at radius 2 is 0.467 bits per heavy atom. The van der Waals surface area contributed by atoms with Gasteiger partial charge in [-0.25, -0.2) is 52.6 Å². The molecule has 0 saturated heterocycles. The lowest BCUT2D eigenvalue weighted by Crippen LogP contribution is -2.45. The Labute approximate surface area is 919 Å². The molecule has 0 aromatic heterocycles. The van der Waals surface area contributed by atoms with Gasteiger partial charge in [0.15, 0.2) is 0 Å². The molecule has 822 valence electrons. The van der Waals surface area contributed by atoms with Gasteiger partial charge in [0, 0.05) is 182 Å². The number of nitrogens with zero attached hydrogens (tertiary/aromatic N) is 6. The normalized spacial score (nSPS) is 16.3. The summed E-state index contributed by atoms with van der Waals surface area (Å²) in [6.45, 7) is 6.90. The highest BCUT2D eigenvalue weighted by Gasteiger charge is 2.35. The second-order valence-electron chi connectivity index (χ2n) is 36.6. The maximum atomic E-state index is 13.5. The Kier molecular flexibility index (Phi) is 49.5. The standard InChI is InChI=1S/C102H132Cl8N14O22S4/c1-119-59-87(83-51-75(103)55-95(107)91(83)63-119)71-9-5-13-79(47-71)147(129,130)115-21-31-141-41-37-137-27-17-111-99(125)67-123(68-100(126)112-18-28-138-38-42-142-32-22-116-148(131,132)80-14-6-10-72(48-80)88-60-120(2)64-92-84(88)52-76(104)56-96(92)108)25-35-145-45-46-146-36-26-124(69-101(127)113-19-29-139-39-43-143-33-23-117-149(133,134)81-15-7-11-73(49-81)89-61-121(3)65-93-85(89)53-77(105)57-97(93)109)70-102(128)114-20-30-140-40-44-144-34-24-118-150(135,136)82-16-8-12-74(50-82)90-62-122(4)66-94-86(90)54-78(106)58-98(94)110/h5-16,47-58,87-90,115-118H,17-46,59-70H2,1-4H3,(H,111,125)(H,112,126)(H,113,127)(H,114,128)/t87-,88-,89-,90-/m0/s1. The maximum absolute atomic E-state index is 13.5. The zero-order valence-corrected chi connectivity index (χ0v) is 93.5. The average Bonchev–Trinajstić information content (AvgIpc) is 0.781. The second kappa shape index (κ2) is 61.0. The summed E-state index contributed by atoms with van der Waals surface area (Å²) in [7, 11) is -7.76.